The molecular weight excluding hydrogens is 480 g/mol. The number of carbonyl (C=O) groups is 1. The number of ether oxygens (including phenoxy) is 1. The summed E-state index contributed by atoms with van der Waals surface area (Å²) in [4.78, 5) is 26.8. The van der Waals surface area contributed by atoms with Crippen LogP contribution in [0.1, 0.15) is 36.2 Å². The van der Waals surface area contributed by atoms with Gasteiger partial charge in [-0.2, -0.15) is 8.78 Å². The second-order valence-corrected chi connectivity index (χ2v) is 9.25. The molecule has 0 radical (unpaired) electrons. The van der Waals surface area contributed by atoms with E-state index in [2.05, 4.69) is 19.9 Å². The van der Waals surface area contributed by atoms with Gasteiger partial charge in [0.2, 0.25) is 5.95 Å². The molecule has 1 saturated heterocycles. The van der Waals surface area contributed by atoms with Crippen molar-refractivity contribution in [3.8, 4) is 16.9 Å². The topological polar surface area (TPSA) is 92.9 Å². The average molecular weight is 508 g/mol. The lowest BCUT2D eigenvalue weighted by Crippen LogP contribution is -2.35. The van der Waals surface area contributed by atoms with Crippen molar-refractivity contribution < 1.29 is 23.4 Å². The van der Waals surface area contributed by atoms with E-state index in [1.165, 1.54) is 0 Å². The molecule has 1 fully saturated rings. The fourth-order valence-corrected chi connectivity index (χ4v) is 4.85. The summed E-state index contributed by atoms with van der Waals surface area (Å²) in [6, 6.07) is 10.6. The number of carboxylic acids is 1. The number of rotatable bonds is 8. The summed E-state index contributed by atoms with van der Waals surface area (Å²) in [5, 5.41) is 9.01. The number of hydrogen-bond acceptors (Lipinski definition) is 6. The van der Waals surface area contributed by atoms with Gasteiger partial charge < -0.3 is 19.1 Å². The Bertz CT molecular complexity index is 1400. The Morgan fingerprint density at radius 2 is 1.84 bits per heavy atom. The molecule has 0 bridgehead atoms. The smallest absolute Gasteiger partial charge is 0.387 e. The Morgan fingerprint density at radius 1 is 1.11 bits per heavy atom. The van der Waals surface area contributed by atoms with Crippen LogP contribution in [-0.2, 0) is 11.2 Å². The number of aryl methyl sites for hydroxylation is 1. The maximum absolute atomic E-state index is 12.9. The number of carboxylic acid groups (broad SMARTS) is 1. The first-order chi connectivity index (χ1) is 17.9. The minimum atomic E-state index is -2.89. The zero-order valence-corrected chi connectivity index (χ0v) is 20.3. The van der Waals surface area contributed by atoms with Crippen LogP contribution in [-0.4, -0.2) is 50.1 Å². The van der Waals surface area contributed by atoms with Crippen molar-refractivity contribution in [3.63, 3.8) is 0 Å². The van der Waals surface area contributed by atoms with Crippen LogP contribution in [0.25, 0.3) is 16.8 Å². The molecule has 1 aromatic carbocycles. The van der Waals surface area contributed by atoms with Gasteiger partial charge in [-0.05, 0) is 43.9 Å². The number of anilines is 1. The van der Waals surface area contributed by atoms with E-state index in [1.54, 1.807) is 36.7 Å². The fraction of sp³-hybridized carbons (Fsp3) is 0.333. The van der Waals surface area contributed by atoms with Crippen LogP contribution in [0.5, 0.6) is 5.75 Å². The summed E-state index contributed by atoms with van der Waals surface area (Å²) >= 11 is 0. The van der Waals surface area contributed by atoms with Crippen LogP contribution in [0, 0.1) is 12.8 Å². The number of fused-ring (bicyclic) bond motifs is 1. The molecule has 4 heterocycles. The molecule has 3 aromatic heterocycles. The Hall–Kier alpha value is -4.08. The van der Waals surface area contributed by atoms with Crippen molar-refractivity contribution in [2.75, 3.05) is 18.0 Å². The molecule has 1 N–H and O–H groups in total. The number of aliphatic carboxylic acids is 1. The van der Waals surface area contributed by atoms with Gasteiger partial charge in [-0.15, -0.1) is 0 Å². The summed E-state index contributed by atoms with van der Waals surface area (Å²) in [6.07, 6.45) is 7.72. The third-order valence-electron chi connectivity index (χ3n) is 6.80. The second kappa shape index (κ2) is 10.5. The van der Waals surface area contributed by atoms with Crippen molar-refractivity contribution in [3.05, 3.63) is 71.9 Å². The predicted octanol–water partition coefficient (Wildman–Crippen LogP) is 4.98. The van der Waals surface area contributed by atoms with Gasteiger partial charge in [0.15, 0.2) is 0 Å². The zero-order valence-electron chi connectivity index (χ0n) is 20.3. The van der Waals surface area contributed by atoms with E-state index >= 15 is 0 Å². The number of pyridine rings is 1. The number of piperidine rings is 1. The number of alkyl halides is 2. The van der Waals surface area contributed by atoms with Crippen LogP contribution >= 0.6 is 0 Å². The molecule has 0 amide bonds. The maximum atomic E-state index is 12.9. The number of imidazole rings is 1. The van der Waals surface area contributed by atoms with Crippen LogP contribution in [0.4, 0.5) is 14.7 Å². The Labute approximate surface area is 212 Å². The lowest BCUT2D eigenvalue weighted by Gasteiger charge is -2.31. The lowest BCUT2D eigenvalue weighted by atomic mass is 9.94. The highest BCUT2D eigenvalue weighted by Crippen LogP contribution is 2.28. The van der Waals surface area contributed by atoms with E-state index in [4.69, 9.17) is 9.84 Å². The third kappa shape index (κ3) is 5.52. The monoisotopic (exact) mass is 507 g/mol. The molecule has 1 aliphatic heterocycles. The van der Waals surface area contributed by atoms with E-state index in [9.17, 15) is 13.6 Å². The summed E-state index contributed by atoms with van der Waals surface area (Å²) in [6.45, 7) is 0.473. The molecule has 0 aliphatic carbocycles. The van der Waals surface area contributed by atoms with Crippen molar-refractivity contribution in [2.24, 2.45) is 5.92 Å². The highest BCUT2D eigenvalue weighted by atomic mass is 19.3. The van der Waals surface area contributed by atoms with E-state index in [0.29, 0.717) is 17.9 Å². The van der Waals surface area contributed by atoms with Crippen LogP contribution in [0.15, 0.2) is 55.0 Å². The largest absolute Gasteiger partial charge is 0.481 e. The van der Waals surface area contributed by atoms with Gasteiger partial charge in [0.25, 0.3) is 0 Å². The zero-order chi connectivity index (χ0) is 25.9. The predicted molar refractivity (Wildman–Crippen MR) is 134 cm³/mol. The number of aromatic nitrogens is 4. The van der Waals surface area contributed by atoms with Gasteiger partial charge in [0.05, 0.1) is 5.69 Å². The van der Waals surface area contributed by atoms with Gasteiger partial charge in [0.1, 0.15) is 11.4 Å². The molecule has 5 rings (SSSR count). The quantitative estimate of drug-likeness (QED) is 0.359. The molecule has 0 atom stereocenters. The van der Waals surface area contributed by atoms with Gasteiger partial charge in [-0.25, -0.2) is 15.0 Å². The summed E-state index contributed by atoms with van der Waals surface area (Å²) < 4.78 is 32.4. The molecular formula is C27H27F2N5O3. The van der Waals surface area contributed by atoms with Gasteiger partial charge in [-0.3, -0.25) is 4.79 Å². The Kier molecular flexibility index (Phi) is 6.98. The number of halogens is 2. The summed E-state index contributed by atoms with van der Waals surface area (Å²) in [5.74, 6) is 0.229. The minimum Gasteiger partial charge on any atom is -0.481 e. The molecule has 4 aromatic rings. The number of para-hydroxylation sites is 1. The summed E-state index contributed by atoms with van der Waals surface area (Å²) in [5.41, 5.74) is 4.83. The molecule has 8 nitrogen and oxygen atoms in total. The first-order valence-corrected chi connectivity index (χ1v) is 12.2. The normalized spacial score (nSPS) is 14.4. The van der Waals surface area contributed by atoms with Crippen LogP contribution in [0.2, 0.25) is 0 Å². The molecule has 1 aliphatic rings. The van der Waals surface area contributed by atoms with Crippen molar-refractivity contribution in [2.45, 2.75) is 39.2 Å². The number of nitrogens with zero attached hydrogens (tertiary/aromatic N) is 5. The molecule has 10 heteroatoms. The van der Waals surface area contributed by atoms with Crippen molar-refractivity contribution >= 4 is 17.6 Å². The third-order valence-corrected chi connectivity index (χ3v) is 6.80. The maximum Gasteiger partial charge on any atom is 0.387 e. The molecule has 192 valence electrons. The standard InChI is InChI=1S/C27H27F2N5O3/c1-17-22(13-19-4-2-3-5-23(19)37-26(28)29)34-16-20(6-7-24(34)32-17)21-14-30-27(31-15-21)33-10-8-18(9-11-33)12-25(35)36/h2-7,14-16,18,26H,8-13H2,1H3,(H,35,36). The van der Waals surface area contributed by atoms with Crippen LogP contribution in [0.3, 0.4) is 0 Å². The Morgan fingerprint density at radius 3 is 2.54 bits per heavy atom. The fourth-order valence-electron chi connectivity index (χ4n) is 4.85. The number of benzene rings is 1. The average Bonchev–Trinajstić information content (AvgIpc) is 3.19. The first kappa shape index (κ1) is 24.6. The lowest BCUT2D eigenvalue weighted by molar-refractivity contribution is -0.138. The SMILES string of the molecule is Cc1nc2ccc(-c3cnc(N4CCC(CC(=O)O)CC4)nc3)cn2c1Cc1ccccc1OC(F)F. The highest BCUT2D eigenvalue weighted by molar-refractivity contribution is 5.67. The van der Waals surface area contributed by atoms with Gasteiger partial charge in [0, 0.05) is 66.9 Å². The van der Waals surface area contributed by atoms with E-state index in [0.717, 1.165) is 54.1 Å². The van der Waals surface area contributed by atoms with Gasteiger partial charge in [-0.1, -0.05) is 18.2 Å². The van der Waals surface area contributed by atoms with Gasteiger partial charge >= 0.3 is 12.6 Å². The molecule has 0 spiro atoms. The molecule has 37 heavy (non-hydrogen) atoms. The van der Waals surface area contributed by atoms with Crippen molar-refractivity contribution in [1.29, 1.82) is 0 Å². The van der Waals surface area contributed by atoms with E-state index < -0.39 is 12.6 Å². The second-order valence-electron chi connectivity index (χ2n) is 9.25. The van der Waals surface area contributed by atoms with Crippen molar-refractivity contribution in [1.82, 2.24) is 19.4 Å². The minimum absolute atomic E-state index is 0.152. The highest BCUT2D eigenvalue weighted by Gasteiger charge is 2.23. The van der Waals surface area contributed by atoms with Crippen LogP contribution < -0.4 is 9.64 Å². The Balaban J connectivity index is 1.36. The summed E-state index contributed by atoms with van der Waals surface area (Å²) in [7, 11) is 0. The number of hydrogen-bond donors (Lipinski definition) is 1. The van der Waals surface area contributed by atoms with E-state index in [-0.39, 0.29) is 18.1 Å². The molecule has 0 unspecified atom stereocenters. The first-order valence-electron chi connectivity index (χ1n) is 12.2. The van der Waals surface area contributed by atoms with E-state index in [1.807, 2.05) is 29.7 Å². The molecule has 0 saturated carbocycles.